The lowest BCUT2D eigenvalue weighted by Gasteiger charge is -2.43. The average Bonchev–Trinajstić information content (AvgIpc) is 2.39. The molecule has 0 aromatic carbocycles. The van der Waals surface area contributed by atoms with Crippen molar-refractivity contribution < 1.29 is 9.53 Å². The zero-order valence-electron chi connectivity index (χ0n) is 11.3. The number of thioether (sulfide) groups is 1. The second-order valence-corrected chi connectivity index (χ2v) is 6.94. The predicted molar refractivity (Wildman–Crippen MR) is 75.8 cm³/mol. The quantitative estimate of drug-likeness (QED) is 0.852. The van der Waals surface area contributed by atoms with Crippen LogP contribution in [0.25, 0.3) is 0 Å². The van der Waals surface area contributed by atoms with Gasteiger partial charge in [0.15, 0.2) is 0 Å². The van der Waals surface area contributed by atoms with Gasteiger partial charge in [-0.25, -0.2) is 0 Å². The summed E-state index contributed by atoms with van der Waals surface area (Å²) in [5, 5.41) is 0. The summed E-state index contributed by atoms with van der Waals surface area (Å²) in [7, 11) is 0. The van der Waals surface area contributed by atoms with Crippen LogP contribution >= 0.6 is 11.8 Å². The van der Waals surface area contributed by atoms with Gasteiger partial charge in [0, 0.05) is 18.4 Å². The van der Waals surface area contributed by atoms with Gasteiger partial charge in [-0.3, -0.25) is 4.79 Å². The molecule has 104 valence electrons. The van der Waals surface area contributed by atoms with Crippen LogP contribution in [0.3, 0.4) is 0 Å². The molecule has 0 saturated carbocycles. The lowest BCUT2D eigenvalue weighted by molar-refractivity contribution is -0.141. The van der Waals surface area contributed by atoms with Gasteiger partial charge in [0.1, 0.15) is 5.78 Å². The van der Waals surface area contributed by atoms with Gasteiger partial charge in [0.25, 0.3) is 0 Å². The van der Waals surface area contributed by atoms with Crippen LogP contribution in [0, 0.1) is 11.8 Å². The molecule has 2 aliphatic heterocycles. The van der Waals surface area contributed by atoms with Gasteiger partial charge in [-0.05, 0) is 50.2 Å². The molecule has 0 radical (unpaired) electrons. The fourth-order valence-corrected chi connectivity index (χ4v) is 4.39. The van der Waals surface area contributed by atoms with Crippen molar-refractivity contribution in [2.75, 3.05) is 24.7 Å². The molecule has 3 nitrogen and oxygen atoms in total. The van der Waals surface area contributed by atoms with E-state index in [1.54, 1.807) is 0 Å². The van der Waals surface area contributed by atoms with Crippen LogP contribution in [0.5, 0.6) is 0 Å². The van der Waals surface area contributed by atoms with E-state index in [1.807, 2.05) is 18.7 Å². The first-order valence-corrected chi connectivity index (χ1v) is 8.28. The van der Waals surface area contributed by atoms with Crippen molar-refractivity contribution in [3.05, 3.63) is 0 Å². The Bertz CT molecular complexity index is 284. The van der Waals surface area contributed by atoms with Crippen LogP contribution < -0.4 is 5.73 Å². The van der Waals surface area contributed by atoms with Crippen molar-refractivity contribution >= 4 is 17.5 Å². The standard InChI is InChI=1S/C14H25NO2S/c1-11(2-6-15)13(16)12-3-7-17-14(10-12)4-8-18-9-5-14/h11-12H,2-10,15H2,1H3. The maximum atomic E-state index is 12.4. The molecule has 2 aliphatic rings. The van der Waals surface area contributed by atoms with E-state index in [1.165, 1.54) is 11.5 Å². The van der Waals surface area contributed by atoms with Gasteiger partial charge in [-0.15, -0.1) is 0 Å². The van der Waals surface area contributed by atoms with Gasteiger partial charge in [0.05, 0.1) is 5.60 Å². The van der Waals surface area contributed by atoms with Crippen molar-refractivity contribution in [3.63, 3.8) is 0 Å². The highest BCUT2D eigenvalue weighted by Crippen LogP contribution is 2.40. The molecule has 2 fully saturated rings. The van der Waals surface area contributed by atoms with Gasteiger partial charge in [-0.2, -0.15) is 11.8 Å². The van der Waals surface area contributed by atoms with E-state index in [2.05, 4.69) is 0 Å². The molecule has 2 atom stereocenters. The predicted octanol–water partition coefficient (Wildman–Crippen LogP) is 2.23. The first kappa shape index (κ1) is 14.4. The maximum absolute atomic E-state index is 12.4. The van der Waals surface area contributed by atoms with Crippen molar-refractivity contribution in [2.24, 2.45) is 17.6 Å². The Morgan fingerprint density at radius 1 is 1.50 bits per heavy atom. The van der Waals surface area contributed by atoms with E-state index in [0.717, 1.165) is 38.7 Å². The number of hydrogen-bond donors (Lipinski definition) is 1. The molecule has 2 heterocycles. The highest BCUT2D eigenvalue weighted by molar-refractivity contribution is 7.99. The molecule has 1 spiro atoms. The molecule has 2 rings (SSSR count). The largest absolute Gasteiger partial charge is 0.375 e. The van der Waals surface area contributed by atoms with Crippen LogP contribution in [0.15, 0.2) is 0 Å². The Morgan fingerprint density at radius 3 is 2.89 bits per heavy atom. The third-order valence-electron chi connectivity index (χ3n) is 4.38. The molecular formula is C14H25NO2S. The zero-order valence-corrected chi connectivity index (χ0v) is 12.1. The van der Waals surface area contributed by atoms with E-state index in [4.69, 9.17) is 10.5 Å². The summed E-state index contributed by atoms with van der Waals surface area (Å²) in [5.41, 5.74) is 5.57. The van der Waals surface area contributed by atoms with Crippen LogP contribution in [0.2, 0.25) is 0 Å². The fraction of sp³-hybridized carbons (Fsp3) is 0.929. The van der Waals surface area contributed by atoms with Crippen molar-refractivity contribution in [3.8, 4) is 0 Å². The molecule has 4 heteroatoms. The summed E-state index contributed by atoms with van der Waals surface area (Å²) in [5.74, 6) is 3.11. The number of hydrogen-bond acceptors (Lipinski definition) is 4. The number of Topliss-reactive ketones (excluding diaryl/α,β-unsaturated/α-hetero) is 1. The van der Waals surface area contributed by atoms with Crippen LogP contribution in [-0.2, 0) is 9.53 Å². The molecule has 2 N–H and O–H groups in total. The van der Waals surface area contributed by atoms with Crippen molar-refractivity contribution in [1.29, 1.82) is 0 Å². The van der Waals surface area contributed by atoms with E-state index >= 15 is 0 Å². The summed E-state index contributed by atoms with van der Waals surface area (Å²) >= 11 is 2.01. The molecule has 0 bridgehead atoms. The smallest absolute Gasteiger partial charge is 0.139 e. The monoisotopic (exact) mass is 271 g/mol. The van der Waals surface area contributed by atoms with Gasteiger partial charge in [0.2, 0.25) is 0 Å². The molecule has 2 unspecified atom stereocenters. The minimum absolute atomic E-state index is 0.0201. The minimum Gasteiger partial charge on any atom is -0.375 e. The number of rotatable bonds is 4. The topological polar surface area (TPSA) is 52.3 Å². The average molecular weight is 271 g/mol. The normalized spacial score (nSPS) is 29.1. The van der Waals surface area contributed by atoms with E-state index in [-0.39, 0.29) is 17.4 Å². The molecule has 0 amide bonds. The lowest BCUT2D eigenvalue weighted by Crippen LogP contribution is -2.45. The molecule has 0 aromatic heterocycles. The zero-order chi connectivity index (χ0) is 13.0. The Balaban J connectivity index is 1.95. The van der Waals surface area contributed by atoms with Crippen LogP contribution in [-0.4, -0.2) is 36.0 Å². The van der Waals surface area contributed by atoms with E-state index in [0.29, 0.717) is 12.3 Å². The molecule has 0 aliphatic carbocycles. The SMILES string of the molecule is CC(CCN)C(=O)C1CCOC2(CCSCC2)C1. The third-order valence-corrected chi connectivity index (χ3v) is 5.37. The Morgan fingerprint density at radius 2 is 2.22 bits per heavy atom. The maximum Gasteiger partial charge on any atom is 0.139 e. The van der Waals surface area contributed by atoms with Crippen LogP contribution in [0.1, 0.15) is 39.0 Å². The fourth-order valence-electron chi connectivity index (χ4n) is 3.16. The first-order chi connectivity index (χ1) is 8.67. The Hall–Kier alpha value is -0.0600. The van der Waals surface area contributed by atoms with Gasteiger partial charge >= 0.3 is 0 Å². The highest BCUT2D eigenvalue weighted by atomic mass is 32.2. The minimum atomic E-state index is 0.0201. The Labute approximate surface area is 114 Å². The van der Waals surface area contributed by atoms with Gasteiger partial charge in [-0.1, -0.05) is 6.92 Å². The number of nitrogens with two attached hydrogens (primary N) is 1. The molecule has 18 heavy (non-hydrogen) atoms. The van der Waals surface area contributed by atoms with Crippen molar-refractivity contribution in [1.82, 2.24) is 0 Å². The van der Waals surface area contributed by atoms with Crippen LogP contribution in [0.4, 0.5) is 0 Å². The lowest BCUT2D eigenvalue weighted by atomic mass is 9.77. The Kier molecular flexibility index (Phi) is 5.10. The molecule has 0 aromatic rings. The van der Waals surface area contributed by atoms with Gasteiger partial charge < -0.3 is 10.5 Å². The van der Waals surface area contributed by atoms with Crippen molar-refractivity contribution in [2.45, 2.75) is 44.6 Å². The first-order valence-electron chi connectivity index (χ1n) is 7.12. The number of carbonyl (C=O) groups excluding carboxylic acids is 1. The summed E-state index contributed by atoms with van der Waals surface area (Å²) in [4.78, 5) is 12.4. The van der Waals surface area contributed by atoms with E-state index in [9.17, 15) is 4.79 Å². The number of carbonyl (C=O) groups is 1. The molecular weight excluding hydrogens is 246 g/mol. The summed E-state index contributed by atoms with van der Waals surface area (Å²) in [6.45, 7) is 3.39. The molecule has 2 saturated heterocycles. The number of ether oxygens (including phenoxy) is 1. The second kappa shape index (κ2) is 6.40. The highest BCUT2D eigenvalue weighted by Gasteiger charge is 2.41. The third kappa shape index (κ3) is 3.28. The summed E-state index contributed by atoms with van der Waals surface area (Å²) < 4.78 is 6.04. The van der Waals surface area contributed by atoms with E-state index < -0.39 is 0 Å². The summed E-state index contributed by atoms with van der Waals surface area (Å²) in [6.07, 6.45) is 4.91. The second-order valence-electron chi connectivity index (χ2n) is 5.71. The number of ketones is 1. The summed E-state index contributed by atoms with van der Waals surface area (Å²) in [6, 6.07) is 0.